The number of fused-ring (bicyclic) bond motifs is 5. The molecule has 6 atom stereocenters. The van der Waals surface area contributed by atoms with Crippen LogP contribution in [0.25, 0.3) is 0 Å². The minimum absolute atomic E-state index is 0.0819. The lowest BCUT2D eigenvalue weighted by atomic mass is 9.81. The molecule has 2 bridgehead atoms. The number of hydrogen-bond donors (Lipinski definition) is 0. The van der Waals surface area contributed by atoms with Gasteiger partial charge in [-0.25, -0.2) is 9.69 Å². The van der Waals surface area contributed by atoms with Gasteiger partial charge in [0.1, 0.15) is 0 Å². The number of alkyl halides is 2. The highest BCUT2D eigenvalue weighted by Gasteiger charge is 2.66. The lowest BCUT2D eigenvalue weighted by Crippen LogP contribution is -2.37. The third kappa shape index (κ3) is 3.27. The summed E-state index contributed by atoms with van der Waals surface area (Å²) in [7, 11) is 0. The summed E-state index contributed by atoms with van der Waals surface area (Å²) in [5.41, 5.74) is 0.745. The number of imide groups is 1. The Bertz CT molecular complexity index is 1090. The van der Waals surface area contributed by atoms with Gasteiger partial charge >= 0.3 is 5.97 Å². The average Bonchev–Trinajstić information content (AvgIpc) is 3.42. The van der Waals surface area contributed by atoms with Gasteiger partial charge in [0.15, 0.2) is 12.4 Å². The summed E-state index contributed by atoms with van der Waals surface area (Å²) >= 11 is 7.35. The first-order chi connectivity index (χ1) is 15.4. The Labute approximate surface area is 201 Å². The van der Waals surface area contributed by atoms with E-state index in [0.29, 0.717) is 5.56 Å². The zero-order chi connectivity index (χ0) is 22.6. The van der Waals surface area contributed by atoms with Crippen LogP contribution in [0, 0.1) is 23.7 Å². The monoisotopic (exact) mass is 559 g/mol. The van der Waals surface area contributed by atoms with Gasteiger partial charge in [-0.2, -0.15) is 0 Å². The Morgan fingerprint density at radius 2 is 1.44 bits per heavy atom. The van der Waals surface area contributed by atoms with Crippen LogP contribution in [-0.4, -0.2) is 39.8 Å². The standard InChI is InChI=1S/C24H19Br2NO5/c25-20-14-10-15(21(20)26)19-18(14)22(29)27(23(19)30)16-9-5-4-8-13(16)24(31)32-11-17(28)12-6-2-1-3-7-12/h1-9,14-15,18-21H,10-11H2. The molecule has 2 amide bonds. The van der Waals surface area contributed by atoms with E-state index in [1.54, 1.807) is 48.5 Å². The van der Waals surface area contributed by atoms with Crippen molar-refractivity contribution in [2.75, 3.05) is 11.5 Å². The molecular weight excluding hydrogens is 542 g/mol. The van der Waals surface area contributed by atoms with Crippen LogP contribution >= 0.6 is 31.9 Å². The van der Waals surface area contributed by atoms with Gasteiger partial charge in [0.25, 0.3) is 0 Å². The molecule has 2 aromatic rings. The molecular formula is C24H19Br2NO5. The summed E-state index contributed by atoms with van der Waals surface area (Å²) in [6, 6.07) is 14.9. The number of esters is 1. The second kappa shape index (κ2) is 8.23. The van der Waals surface area contributed by atoms with Gasteiger partial charge in [-0.15, -0.1) is 0 Å². The number of ketones is 1. The summed E-state index contributed by atoms with van der Waals surface area (Å²) in [5.74, 6) is -2.21. The van der Waals surface area contributed by atoms with Crippen molar-refractivity contribution < 1.29 is 23.9 Å². The number of Topliss-reactive ketones (excluding diaryl/α,β-unsaturated/α-hetero) is 1. The van der Waals surface area contributed by atoms with Crippen LogP contribution in [0.5, 0.6) is 0 Å². The molecule has 3 fully saturated rings. The molecule has 0 aromatic heterocycles. The van der Waals surface area contributed by atoms with Gasteiger partial charge in [0.2, 0.25) is 11.8 Å². The maximum atomic E-state index is 13.3. The van der Waals surface area contributed by atoms with Crippen molar-refractivity contribution in [2.45, 2.75) is 16.1 Å². The highest BCUT2D eigenvalue weighted by atomic mass is 79.9. The molecule has 2 aliphatic carbocycles. The largest absolute Gasteiger partial charge is 0.454 e. The van der Waals surface area contributed by atoms with Crippen molar-refractivity contribution in [3.63, 3.8) is 0 Å². The SMILES string of the molecule is O=C(COC(=O)c1ccccc1N1C(=O)C2C3CC(C(Br)C3Br)C2C1=O)c1ccccc1. The van der Waals surface area contributed by atoms with E-state index in [4.69, 9.17) is 4.74 Å². The Balaban J connectivity index is 1.38. The molecule has 164 valence electrons. The molecule has 1 aliphatic heterocycles. The molecule has 0 spiro atoms. The van der Waals surface area contributed by atoms with Crippen molar-refractivity contribution >= 4 is 61.1 Å². The molecule has 6 unspecified atom stereocenters. The maximum absolute atomic E-state index is 13.3. The number of hydrogen-bond acceptors (Lipinski definition) is 5. The van der Waals surface area contributed by atoms with Crippen LogP contribution in [0.2, 0.25) is 0 Å². The fourth-order valence-corrected chi connectivity index (χ4v) is 7.22. The Kier molecular flexibility index (Phi) is 5.53. The van der Waals surface area contributed by atoms with Crippen LogP contribution in [0.15, 0.2) is 54.6 Å². The molecule has 2 aromatic carbocycles. The van der Waals surface area contributed by atoms with E-state index in [1.807, 2.05) is 0 Å². The van der Waals surface area contributed by atoms with E-state index < -0.39 is 12.6 Å². The van der Waals surface area contributed by atoms with Crippen molar-refractivity contribution in [2.24, 2.45) is 23.7 Å². The number of carbonyl (C=O) groups is 4. The van der Waals surface area contributed by atoms with Crippen LogP contribution in [-0.2, 0) is 14.3 Å². The number of nitrogens with zero attached hydrogens (tertiary/aromatic N) is 1. The van der Waals surface area contributed by atoms with Gasteiger partial charge < -0.3 is 4.74 Å². The maximum Gasteiger partial charge on any atom is 0.340 e. The first-order valence-electron chi connectivity index (χ1n) is 10.4. The number of rotatable bonds is 5. The highest BCUT2D eigenvalue weighted by Crippen LogP contribution is 2.60. The molecule has 2 saturated carbocycles. The van der Waals surface area contributed by atoms with Gasteiger partial charge in [0, 0.05) is 15.2 Å². The van der Waals surface area contributed by atoms with Gasteiger partial charge in [-0.05, 0) is 30.4 Å². The minimum Gasteiger partial charge on any atom is -0.454 e. The molecule has 0 radical (unpaired) electrons. The van der Waals surface area contributed by atoms with Gasteiger partial charge in [-0.3, -0.25) is 14.4 Å². The smallest absolute Gasteiger partial charge is 0.340 e. The zero-order valence-electron chi connectivity index (χ0n) is 16.8. The molecule has 0 N–H and O–H groups in total. The fourth-order valence-electron chi connectivity index (χ4n) is 5.34. The van der Waals surface area contributed by atoms with E-state index in [2.05, 4.69) is 31.9 Å². The minimum atomic E-state index is -0.748. The normalized spacial score (nSPS) is 30.5. The quantitative estimate of drug-likeness (QED) is 0.239. The van der Waals surface area contributed by atoms with E-state index in [-0.39, 0.29) is 62.2 Å². The third-order valence-corrected chi connectivity index (χ3v) is 9.99. The lowest BCUT2D eigenvalue weighted by Gasteiger charge is -2.28. The predicted octanol–water partition coefficient (Wildman–Crippen LogP) is 4.01. The summed E-state index contributed by atoms with van der Waals surface area (Å²) < 4.78 is 5.24. The van der Waals surface area contributed by atoms with Crippen LogP contribution in [0.4, 0.5) is 5.69 Å². The third-order valence-electron chi connectivity index (χ3n) is 6.78. The van der Waals surface area contributed by atoms with E-state index in [9.17, 15) is 19.2 Å². The van der Waals surface area contributed by atoms with Crippen molar-refractivity contribution in [1.82, 2.24) is 0 Å². The Morgan fingerprint density at radius 1 is 0.875 bits per heavy atom. The molecule has 3 aliphatic rings. The topological polar surface area (TPSA) is 80.8 Å². The second-order valence-electron chi connectivity index (χ2n) is 8.40. The predicted molar refractivity (Wildman–Crippen MR) is 124 cm³/mol. The van der Waals surface area contributed by atoms with Crippen molar-refractivity contribution in [3.05, 3.63) is 65.7 Å². The second-order valence-corrected chi connectivity index (χ2v) is 10.5. The number of ether oxygens (including phenoxy) is 1. The van der Waals surface area contributed by atoms with Crippen molar-refractivity contribution in [3.8, 4) is 0 Å². The summed E-state index contributed by atoms with van der Waals surface area (Å²) in [6.45, 7) is -0.426. The highest BCUT2D eigenvalue weighted by molar-refractivity contribution is 9.12. The van der Waals surface area contributed by atoms with E-state index in [0.717, 1.165) is 11.3 Å². The van der Waals surface area contributed by atoms with E-state index in [1.165, 1.54) is 6.07 Å². The number of amides is 2. The first-order valence-corrected chi connectivity index (χ1v) is 12.2. The van der Waals surface area contributed by atoms with Crippen LogP contribution in [0.1, 0.15) is 27.1 Å². The summed E-state index contributed by atoms with van der Waals surface area (Å²) in [6.07, 6.45) is 0.831. The molecule has 32 heavy (non-hydrogen) atoms. The summed E-state index contributed by atoms with van der Waals surface area (Å²) in [4.78, 5) is 53.2. The molecule has 5 rings (SSSR count). The molecule has 8 heteroatoms. The number of benzene rings is 2. The number of carbonyl (C=O) groups excluding carboxylic acids is 4. The Hall–Kier alpha value is -2.32. The average molecular weight is 561 g/mol. The van der Waals surface area contributed by atoms with Gasteiger partial charge in [-0.1, -0.05) is 74.3 Å². The molecule has 6 nitrogen and oxygen atoms in total. The zero-order valence-corrected chi connectivity index (χ0v) is 20.0. The summed E-state index contributed by atoms with van der Waals surface area (Å²) in [5, 5.41) is 0. The fraction of sp³-hybridized carbons (Fsp3) is 0.333. The first kappa shape index (κ1) is 21.5. The number of para-hydroxylation sites is 1. The number of anilines is 1. The van der Waals surface area contributed by atoms with Crippen LogP contribution < -0.4 is 4.90 Å². The lowest BCUT2D eigenvalue weighted by molar-refractivity contribution is -0.123. The molecule has 1 heterocycles. The Morgan fingerprint density at radius 3 is 2.06 bits per heavy atom. The van der Waals surface area contributed by atoms with E-state index >= 15 is 0 Å². The van der Waals surface area contributed by atoms with Gasteiger partial charge in [0.05, 0.1) is 23.1 Å². The van der Waals surface area contributed by atoms with Crippen molar-refractivity contribution in [1.29, 1.82) is 0 Å². The van der Waals surface area contributed by atoms with Crippen LogP contribution in [0.3, 0.4) is 0 Å². The molecule has 1 saturated heterocycles. The number of halogens is 2.